The van der Waals surface area contributed by atoms with E-state index in [-0.39, 0.29) is 19.2 Å². The molecule has 2 rings (SSSR count). The highest BCUT2D eigenvalue weighted by Gasteiger charge is 2.38. The second kappa shape index (κ2) is 14.3. The molecule has 0 bridgehead atoms. The average molecular weight is 498 g/mol. The maximum Gasteiger partial charge on any atom is 0.336 e. The fourth-order valence-electron chi connectivity index (χ4n) is 4.27. The molecule has 0 saturated carbocycles. The number of hydrogen-bond donors (Lipinski definition) is 1. The Labute approximate surface area is 214 Å². The largest absolute Gasteiger partial charge is 0.463 e. The Hall–Kier alpha value is -3.35. The van der Waals surface area contributed by atoms with Crippen LogP contribution in [0.2, 0.25) is 0 Å². The van der Waals surface area contributed by atoms with Crippen molar-refractivity contribution in [2.45, 2.75) is 73.1 Å². The zero-order chi connectivity index (χ0) is 26.7. The van der Waals surface area contributed by atoms with Crippen LogP contribution in [0, 0.1) is 0 Å². The number of nitrogens with one attached hydrogen (secondary N) is 1. The minimum atomic E-state index is -0.726. The molecule has 1 aromatic carbocycles. The van der Waals surface area contributed by atoms with Gasteiger partial charge in [0.15, 0.2) is 0 Å². The Kier molecular flexibility index (Phi) is 11.4. The summed E-state index contributed by atoms with van der Waals surface area (Å²) in [7, 11) is 0. The molecule has 0 fully saturated rings. The van der Waals surface area contributed by atoms with Gasteiger partial charge in [0.2, 0.25) is 0 Å². The summed E-state index contributed by atoms with van der Waals surface area (Å²) in [4.78, 5) is 39.0. The Balaban J connectivity index is 2.63. The van der Waals surface area contributed by atoms with Crippen LogP contribution in [0.5, 0.6) is 0 Å². The summed E-state index contributed by atoms with van der Waals surface area (Å²) in [6.07, 6.45) is 5.14. The topological polar surface area (TPSA) is 90.9 Å². The highest BCUT2D eigenvalue weighted by molar-refractivity contribution is 6.00. The van der Waals surface area contributed by atoms with Gasteiger partial charge < -0.3 is 19.5 Å². The van der Waals surface area contributed by atoms with Crippen LogP contribution in [-0.2, 0) is 28.6 Å². The summed E-state index contributed by atoms with van der Waals surface area (Å²) >= 11 is 0. The quantitative estimate of drug-likeness (QED) is 0.175. The first-order valence-corrected chi connectivity index (χ1v) is 12.8. The van der Waals surface area contributed by atoms with Crippen molar-refractivity contribution in [2.75, 3.05) is 19.8 Å². The number of esters is 3. The van der Waals surface area contributed by atoms with E-state index in [1.165, 1.54) is 0 Å². The van der Waals surface area contributed by atoms with Crippen LogP contribution in [0.3, 0.4) is 0 Å². The van der Waals surface area contributed by atoms with Gasteiger partial charge in [-0.25, -0.2) is 14.4 Å². The fourth-order valence-corrected chi connectivity index (χ4v) is 4.27. The lowest BCUT2D eigenvalue weighted by Crippen LogP contribution is -2.32. The smallest absolute Gasteiger partial charge is 0.336 e. The molecule has 7 nitrogen and oxygen atoms in total. The summed E-state index contributed by atoms with van der Waals surface area (Å²) in [5, 5.41) is 3.15. The van der Waals surface area contributed by atoms with E-state index >= 15 is 0 Å². The lowest BCUT2D eigenvalue weighted by molar-refractivity contribution is -0.140. The zero-order valence-electron chi connectivity index (χ0n) is 22.4. The first kappa shape index (κ1) is 28.9. The lowest BCUT2D eigenvalue weighted by atomic mass is 9.78. The van der Waals surface area contributed by atoms with Crippen molar-refractivity contribution in [3.8, 4) is 0 Å². The van der Waals surface area contributed by atoms with Crippen LogP contribution in [0.4, 0.5) is 0 Å². The van der Waals surface area contributed by atoms with E-state index in [1.807, 2.05) is 31.2 Å². The molecule has 0 saturated heterocycles. The maximum atomic E-state index is 13.1. The van der Waals surface area contributed by atoms with Gasteiger partial charge in [-0.05, 0) is 57.7 Å². The molecule has 36 heavy (non-hydrogen) atoms. The van der Waals surface area contributed by atoms with Crippen LogP contribution < -0.4 is 5.32 Å². The highest BCUT2D eigenvalue weighted by atomic mass is 16.5. The summed E-state index contributed by atoms with van der Waals surface area (Å²) in [5.41, 5.74) is 3.83. The van der Waals surface area contributed by atoms with E-state index in [0.717, 1.165) is 24.8 Å². The number of carbonyl (C=O) groups is 3. The number of hydrogen-bond acceptors (Lipinski definition) is 7. The number of allylic oxidation sites excluding steroid dienone is 2. The van der Waals surface area contributed by atoms with E-state index in [2.05, 4.69) is 12.2 Å². The van der Waals surface area contributed by atoms with Crippen LogP contribution in [-0.4, -0.2) is 37.7 Å². The number of dihydropyridines is 1. The van der Waals surface area contributed by atoms with Gasteiger partial charge in [0.25, 0.3) is 0 Å². The number of benzene rings is 1. The predicted molar refractivity (Wildman–Crippen MR) is 140 cm³/mol. The summed E-state index contributed by atoms with van der Waals surface area (Å²) in [6, 6.07) is 7.44. The lowest BCUT2D eigenvalue weighted by Gasteiger charge is -2.31. The SMILES string of the molecule is CCCCCOC(=O)C(=Cc1ccccc1C1C(C(=O)OCC)=C(C)NC(C)=C1C(=O)OCC)CC. The fraction of sp³-hybridized carbons (Fsp3) is 0.483. The number of unbranched alkanes of at least 4 members (excludes halogenated alkanes) is 2. The number of rotatable bonds is 12. The first-order valence-electron chi connectivity index (χ1n) is 12.8. The molecule has 1 N–H and O–H groups in total. The van der Waals surface area contributed by atoms with Crippen molar-refractivity contribution in [3.05, 3.63) is 63.5 Å². The van der Waals surface area contributed by atoms with Crippen LogP contribution in [0.25, 0.3) is 6.08 Å². The molecule has 0 amide bonds. The molecule has 1 aromatic rings. The molecular weight excluding hydrogens is 458 g/mol. The Morgan fingerprint density at radius 3 is 1.97 bits per heavy atom. The van der Waals surface area contributed by atoms with Crippen LogP contribution in [0.15, 0.2) is 52.4 Å². The number of carbonyl (C=O) groups excluding carboxylic acids is 3. The molecule has 1 aliphatic heterocycles. The molecule has 1 aliphatic rings. The molecule has 0 radical (unpaired) electrons. The van der Waals surface area contributed by atoms with Gasteiger partial charge in [-0.1, -0.05) is 51.0 Å². The van der Waals surface area contributed by atoms with Crippen molar-refractivity contribution >= 4 is 24.0 Å². The number of ether oxygens (including phenoxy) is 3. The summed E-state index contributed by atoms with van der Waals surface area (Å²) in [5.74, 6) is -2.10. The van der Waals surface area contributed by atoms with Crippen molar-refractivity contribution < 1.29 is 28.6 Å². The molecule has 7 heteroatoms. The van der Waals surface area contributed by atoms with E-state index < -0.39 is 17.9 Å². The summed E-state index contributed by atoms with van der Waals surface area (Å²) in [6.45, 7) is 11.8. The van der Waals surface area contributed by atoms with Gasteiger partial charge in [-0.3, -0.25) is 0 Å². The van der Waals surface area contributed by atoms with E-state index in [1.54, 1.807) is 33.8 Å². The standard InChI is InChI=1S/C29H39NO6/c1-7-11-14-17-36-27(31)21(8-2)18-22-15-12-13-16-23(22)26-24(28(32)34-9-3)19(5)30-20(6)25(26)29(33)35-10-4/h12-13,15-16,18,26,30H,7-11,14,17H2,1-6H3. The predicted octanol–water partition coefficient (Wildman–Crippen LogP) is 5.57. The van der Waals surface area contributed by atoms with Gasteiger partial charge in [-0.2, -0.15) is 0 Å². The third kappa shape index (κ3) is 7.09. The molecule has 0 aromatic heterocycles. The van der Waals surface area contributed by atoms with Crippen molar-refractivity contribution in [1.29, 1.82) is 0 Å². The Morgan fingerprint density at radius 1 is 0.861 bits per heavy atom. The molecule has 1 heterocycles. The van der Waals surface area contributed by atoms with E-state index in [9.17, 15) is 14.4 Å². The third-order valence-electron chi connectivity index (χ3n) is 6.01. The summed E-state index contributed by atoms with van der Waals surface area (Å²) < 4.78 is 16.2. The molecular formula is C29H39NO6. The van der Waals surface area contributed by atoms with Gasteiger partial charge in [0.1, 0.15) is 0 Å². The minimum absolute atomic E-state index is 0.200. The Bertz CT molecular complexity index is 1010. The second-order valence-electron chi connectivity index (χ2n) is 8.57. The molecule has 0 aliphatic carbocycles. The zero-order valence-corrected chi connectivity index (χ0v) is 22.4. The average Bonchev–Trinajstić information content (AvgIpc) is 2.85. The Morgan fingerprint density at radius 2 is 1.44 bits per heavy atom. The van der Waals surface area contributed by atoms with Crippen molar-refractivity contribution in [1.82, 2.24) is 5.32 Å². The van der Waals surface area contributed by atoms with Gasteiger partial charge in [-0.15, -0.1) is 0 Å². The monoisotopic (exact) mass is 497 g/mol. The molecule has 196 valence electrons. The van der Waals surface area contributed by atoms with Crippen molar-refractivity contribution in [2.24, 2.45) is 0 Å². The molecule has 0 spiro atoms. The van der Waals surface area contributed by atoms with Gasteiger partial charge in [0.05, 0.1) is 36.9 Å². The minimum Gasteiger partial charge on any atom is -0.463 e. The highest BCUT2D eigenvalue weighted by Crippen LogP contribution is 2.41. The second-order valence-corrected chi connectivity index (χ2v) is 8.57. The van der Waals surface area contributed by atoms with E-state index in [0.29, 0.717) is 46.7 Å². The third-order valence-corrected chi connectivity index (χ3v) is 6.01. The van der Waals surface area contributed by atoms with Crippen molar-refractivity contribution in [3.63, 3.8) is 0 Å². The van der Waals surface area contributed by atoms with Crippen LogP contribution >= 0.6 is 0 Å². The van der Waals surface area contributed by atoms with Gasteiger partial charge in [0, 0.05) is 17.0 Å². The first-order chi connectivity index (χ1) is 17.3. The maximum absolute atomic E-state index is 13.1. The van der Waals surface area contributed by atoms with Gasteiger partial charge >= 0.3 is 17.9 Å². The molecule has 0 atom stereocenters. The molecule has 0 unspecified atom stereocenters. The van der Waals surface area contributed by atoms with Crippen LogP contribution in [0.1, 0.15) is 84.3 Å². The van der Waals surface area contributed by atoms with E-state index in [4.69, 9.17) is 14.2 Å². The normalized spacial score (nSPS) is 14.4.